The van der Waals surface area contributed by atoms with Crippen LogP contribution < -0.4 is 0 Å². The second-order valence-electron chi connectivity index (χ2n) is 3.68. The van der Waals surface area contributed by atoms with Crippen molar-refractivity contribution in [2.45, 2.75) is 6.92 Å². The standard InChI is InChI=1S/C14H10FN/c1-10-3-2-4-11(7-10)12-5-6-13(9-16)14(15)8-12/h2-8H,1H3. The molecular formula is C14H10FN. The summed E-state index contributed by atoms with van der Waals surface area (Å²) in [6, 6.07) is 14.3. The monoisotopic (exact) mass is 211 g/mol. The van der Waals surface area contributed by atoms with Crippen LogP contribution in [0.1, 0.15) is 11.1 Å². The van der Waals surface area contributed by atoms with Crippen LogP contribution in [-0.2, 0) is 0 Å². The molecule has 0 spiro atoms. The van der Waals surface area contributed by atoms with Crippen molar-refractivity contribution in [3.63, 3.8) is 0 Å². The second kappa shape index (κ2) is 4.16. The van der Waals surface area contributed by atoms with Crippen LogP contribution in [0.25, 0.3) is 11.1 Å². The first-order chi connectivity index (χ1) is 7.70. The van der Waals surface area contributed by atoms with E-state index in [1.807, 2.05) is 37.3 Å². The smallest absolute Gasteiger partial charge is 0.141 e. The quantitative estimate of drug-likeness (QED) is 0.706. The summed E-state index contributed by atoms with van der Waals surface area (Å²) in [5, 5.41) is 8.63. The van der Waals surface area contributed by atoms with Crippen molar-refractivity contribution in [3.8, 4) is 17.2 Å². The fraction of sp³-hybridized carbons (Fsp3) is 0.0714. The van der Waals surface area contributed by atoms with E-state index < -0.39 is 5.82 Å². The van der Waals surface area contributed by atoms with Crippen molar-refractivity contribution in [2.24, 2.45) is 0 Å². The summed E-state index contributed by atoms with van der Waals surface area (Å²) in [5.41, 5.74) is 2.96. The average molecular weight is 211 g/mol. The number of benzene rings is 2. The van der Waals surface area contributed by atoms with Gasteiger partial charge >= 0.3 is 0 Å². The minimum Gasteiger partial charge on any atom is -0.206 e. The van der Waals surface area contributed by atoms with Crippen LogP contribution in [0.5, 0.6) is 0 Å². The van der Waals surface area contributed by atoms with Crippen LogP contribution in [0.15, 0.2) is 42.5 Å². The van der Waals surface area contributed by atoms with E-state index in [1.54, 1.807) is 6.07 Å². The molecule has 0 atom stereocenters. The molecule has 0 heterocycles. The molecule has 2 heteroatoms. The SMILES string of the molecule is Cc1cccc(-c2ccc(C#N)c(F)c2)c1. The third-order valence-electron chi connectivity index (χ3n) is 2.44. The molecule has 0 aromatic heterocycles. The molecule has 0 N–H and O–H groups in total. The van der Waals surface area contributed by atoms with E-state index in [2.05, 4.69) is 0 Å². The Morgan fingerprint density at radius 2 is 1.81 bits per heavy atom. The molecule has 2 aromatic rings. The molecular weight excluding hydrogens is 201 g/mol. The van der Waals surface area contributed by atoms with Crippen molar-refractivity contribution in [2.75, 3.05) is 0 Å². The number of nitrogens with zero attached hydrogens (tertiary/aromatic N) is 1. The lowest BCUT2D eigenvalue weighted by Gasteiger charge is -2.03. The normalized spacial score (nSPS) is 9.81. The number of hydrogen-bond donors (Lipinski definition) is 0. The first-order valence-corrected chi connectivity index (χ1v) is 4.97. The number of halogens is 1. The Bertz CT molecular complexity index is 567. The maximum Gasteiger partial charge on any atom is 0.141 e. The van der Waals surface area contributed by atoms with Crippen molar-refractivity contribution in [1.29, 1.82) is 5.26 Å². The molecule has 0 amide bonds. The van der Waals surface area contributed by atoms with Gasteiger partial charge in [-0.3, -0.25) is 0 Å². The van der Waals surface area contributed by atoms with E-state index in [4.69, 9.17) is 5.26 Å². The van der Waals surface area contributed by atoms with Gasteiger partial charge in [0, 0.05) is 0 Å². The zero-order valence-electron chi connectivity index (χ0n) is 8.87. The van der Waals surface area contributed by atoms with Gasteiger partial charge < -0.3 is 0 Å². The molecule has 0 aliphatic rings. The Labute approximate surface area is 93.8 Å². The van der Waals surface area contributed by atoms with Gasteiger partial charge in [0.05, 0.1) is 5.56 Å². The lowest BCUT2D eigenvalue weighted by molar-refractivity contribution is 0.624. The number of hydrogen-bond acceptors (Lipinski definition) is 1. The highest BCUT2D eigenvalue weighted by Gasteiger charge is 2.04. The summed E-state index contributed by atoms with van der Waals surface area (Å²) >= 11 is 0. The molecule has 0 saturated carbocycles. The number of aryl methyl sites for hydroxylation is 1. The van der Waals surface area contributed by atoms with Gasteiger partial charge in [0.1, 0.15) is 11.9 Å². The molecule has 0 bridgehead atoms. The number of rotatable bonds is 1. The topological polar surface area (TPSA) is 23.8 Å². The molecule has 0 aliphatic heterocycles. The van der Waals surface area contributed by atoms with E-state index in [-0.39, 0.29) is 5.56 Å². The average Bonchev–Trinajstić information content (AvgIpc) is 2.29. The Hall–Kier alpha value is -2.14. The van der Waals surface area contributed by atoms with Crippen LogP contribution in [0.2, 0.25) is 0 Å². The Balaban J connectivity index is 2.50. The van der Waals surface area contributed by atoms with E-state index in [1.165, 1.54) is 12.1 Å². The van der Waals surface area contributed by atoms with Gasteiger partial charge in [0.2, 0.25) is 0 Å². The molecule has 16 heavy (non-hydrogen) atoms. The summed E-state index contributed by atoms with van der Waals surface area (Å²) in [7, 11) is 0. The third-order valence-corrected chi connectivity index (χ3v) is 2.44. The molecule has 2 rings (SSSR count). The summed E-state index contributed by atoms with van der Waals surface area (Å²) in [4.78, 5) is 0. The van der Waals surface area contributed by atoms with Gasteiger partial charge in [-0.05, 0) is 30.2 Å². The third kappa shape index (κ3) is 1.94. The van der Waals surface area contributed by atoms with Crippen LogP contribution in [0.4, 0.5) is 4.39 Å². The van der Waals surface area contributed by atoms with E-state index in [0.29, 0.717) is 0 Å². The van der Waals surface area contributed by atoms with Crippen molar-refractivity contribution in [3.05, 3.63) is 59.4 Å². The maximum atomic E-state index is 13.4. The molecule has 2 aromatic carbocycles. The Kier molecular flexibility index (Phi) is 2.70. The van der Waals surface area contributed by atoms with Gasteiger partial charge in [-0.1, -0.05) is 35.9 Å². The van der Waals surface area contributed by atoms with Crippen LogP contribution in [0.3, 0.4) is 0 Å². The highest BCUT2D eigenvalue weighted by molar-refractivity contribution is 5.65. The molecule has 0 unspecified atom stereocenters. The minimum absolute atomic E-state index is 0.0800. The molecule has 0 radical (unpaired) electrons. The van der Waals surface area contributed by atoms with Crippen LogP contribution in [0, 0.1) is 24.1 Å². The van der Waals surface area contributed by atoms with Crippen LogP contribution in [-0.4, -0.2) is 0 Å². The van der Waals surface area contributed by atoms with E-state index >= 15 is 0 Å². The van der Waals surface area contributed by atoms with Crippen molar-refractivity contribution >= 4 is 0 Å². The van der Waals surface area contributed by atoms with Gasteiger partial charge in [0.15, 0.2) is 0 Å². The Morgan fingerprint density at radius 1 is 1.06 bits per heavy atom. The lowest BCUT2D eigenvalue weighted by atomic mass is 10.0. The summed E-state index contributed by atoms with van der Waals surface area (Å²) in [6.45, 7) is 1.99. The summed E-state index contributed by atoms with van der Waals surface area (Å²) in [6.07, 6.45) is 0. The van der Waals surface area contributed by atoms with Crippen LogP contribution >= 0.6 is 0 Å². The van der Waals surface area contributed by atoms with Gasteiger partial charge in [-0.15, -0.1) is 0 Å². The lowest BCUT2D eigenvalue weighted by Crippen LogP contribution is -1.85. The largest absolute Gasteiger partial charge is 0.206 e. The van der Waals surface area contributed by atoms with Gasteiger partial charge in [-0.2, -0.15) is 5.26 Å². The fourth-order valence-electron chi connectivity index (χ4n) is 1.61. The predicted molar refractivity (Wildman–Crippen MR) is 61.3 cm³/mol. The minimum atomic E-state index is -0.471. The highest BCUT2D eigenvalue weighted by atomic mass is 19.1. The maximum absolute atomic E-state index is 13.4. The van der Waals surface area contributed by atoms with Crippen molar-refractivity contribution in [1.82, 2.24) is 0 Å². The predicted octanol–water partition coefficient (Wildman–Crippen LogP) is 3.67. The fourth-order valence-corrected chi connectivity index (χ4v) is 1.61. The molecule has 0 aliphatic carbocycles. The van der Waals surface area contributed by atoms with Gasteiger partial charge in [-0.25, -0.2) is 4.39 Å². The molecule has 0 saturated heterocycles. The zero-order valence-corrected chi connectivity index (χ0v) is 8.87. The van der Waals surface area contributed by atoms with E-state index in [9.17, 15) is 4.39 Å². The summed E-state index contributed by atoms with van der Waals surface area (Å²) < 4.78 is 13.4. The second-order valence-corrected chi connectivity index (χ2v) is 3.68. The van der Waals surface area contributed by atoms with Gasteiger partial charge in [0.25, 0.3) is 0 Å². The summed E-state index contributed by atoms with van der Waals surface area (Å²) in [5.74, 6) is -0.471. The van der Waals surface area contributed by atoms with Crippen molar-refractivity contribution < 1.29 is 4.39 Å². The number of nitriles is 1. The molecule has 78 valence electrons. The highest BCUT2D eigenvalue weighted by Crippen LogP contribution is 2.22. The Morgan fingerprint density at radius 3 is 2.44 bits per heavy atom. The first kappa shape index (κ1) is 10.4. The zero-order chi connectivity index (χ0) is 11.5. The molecule has 0 fully saturated rings. The first-order valence-electron chi connectivity index (χ1n) is 4.97. The molecule has 1 nitrogen and oxygen atoms in total. The van der Waals surface area contributed by atoms with E-state index in [0.717, 1.165) is 16.7 Å².